The molecule has 140 valence electrons. The summed E-state index contributed by atoms with van der Waals surface area (Å²) in [6.07, 6.45) is 0. The summed E-state index contributed by atoms with van der Waals surface area (Å²) < 4.78 is 10.6. The first-order valence-corrected chi connectivity index (χ1v) is 8.61. The number of amides is 2. The molecule has 0 atom stereocenters. The Kier molecular flexibility index (Phi) is 7.41. The van der Waals surface area contributed by atoms with Gasteiger partial charge in [0.05, 0.1) is 19.7 Å². The van der Waals surface area contributed by atoms with Gasteiger partial charge in [-0.05, 0) is 24.6 Å². The van der Waals surface area contributed by atoms with Gasteiger partial charge >= 0.3 is 0 Å². The number of benzene rings is 1. The molecule has 6 heteroatoms. The zero-order valence-corrected chi connectivity index (χ0v) is 15.6. The molecule has 0 saturated heterocycles. The lowest BCUT2D eigenvalue weighted by atomic mass is 10.2. The molecular formula is C20H26N2O4. The Bertz CT molecular complexity index is 712. The number of furan rings is 1. The van der Waals surface area contributed by atoms with E-state index in [0.717, 1.165) is 17.1 Å². The van der Waals surface area contributed by atoms with Gasteiger partial charge in [-0.2, -0.15) is 0 Å². The number of methoxy groups -OCH3 is 1. The lowest BCUT2D eigenvalue weighted by molar-refractivity contribution is -0.140. The van der Waals surface area contributed by atoms with E-state index in [-0.39, 0.29) is 18.4 Å². The van der Waals surface area contributed by atoms with E-state index in [2.05, 4.69) is 0 Å². The van der Waals surface area contributed by atoms with E-state index in [4.69, 9.17) is 9.15 Å². The molecule has 0 bridgehead atoms. The predicted molar refractivity (Wildman–Crippen MR) is 98.3 cm³/mol. The number of rotatable bonds is 9. The van der Waals surface area contributed by atoms with E-state index < -0.39 is 0 Å². The molecule has 1 aromatic carbocycles. The second-order valence-electron chi connectivity index (χ2n) is 6.18. The normalized spacial score (nSPS) is 10.6. The van der Waals surface area contributed by atoms with Gasteiger partial charge in [0.1, 0.15) is 11.5 Å². The molecule has 0 N–H and O–H groups in total. The summed E-state index contributed by atoms with van der Waals surface area (Å²) in [6.45, 7) is 4.94. The lowest BCUT2D eigenvalue weighted by Gasteiger charge is -2.26. The Balaban J connectivity index is 2.12. The minimum absolute atomic E-state index is 0.0191. The Morgan fingerprint density at radius 3 is 2.35 bits per heavy atom. The number of aryl methyl sites for hydroxylation is 1. The highest BCUT2D eigenvalue weighted by molar-refractivity contribution is 5.83. The standard InChI is InChI=1S/C20H26N2O4/c1-16-9-10-19(26-16)14-22(13-18-7-5-4-6-8-18)20(24)15-21(17(2)23)11-12-25-3/h4-10H,11-15H2,1-3H3. The van der Waals surface area contributed by atoms with Crippen molar-refractivity contribution in [2.75, 3.05) is 26.8 Å². The maximum absolute atomic E-state index is 12.9. The summed E-state index contributed by atoms with van der Waals surface area (Å²) in [7, 11) is 1.57. The van der Waals surface area contributed by atoms with Gasteiger partial charge < -0.3 is 19.0 Å². The van der Waals surface area contributed by atoms with E-state index in [1.54, 1.807) is 12.0 Å². The van der Waals surface area contributed by atoms with Crippen LogP contribution in [0.25, 0.3) is 0 Å². The highest BCUT2D eigenvalue weighted by Crippen LogP contribution is 2.13. The monoisotopic (exact) mass is 358 g/mol. The number of carbonyl (C=O) groups is 2. The van der Waals surface area contributed by atoms with E-state index >= 15 is 0 Å². The molecule has 0 aliphatic heterocycles. The van der Waals surface area contributed by atoms with Gasteiger partial charge in [0, 0.05) is 27.1 Å². The Morgan fingerprint density at radius 2 is 1.77 bits per heavy atom. The van der Waals surface area contributed by atoms with Crippen LogP contribution >= 0.6 is 0 Å². The predicted octanol–water partition coefficient (Wildman–Crippen LogP) is 2.61. The van der Waals surface area contributed by atoms with E-state index in [0.29, 0.717) is 26.2 Å². The molecular weight excluding hydrogens is 332 g/mol. The molecule has 0 saturated carbocycles. The van der Waals surface area contributed by atoms with E-state index in [1.165, 1.54) is 11.8 Å². The fraction of sp³-hybridized carbons (Fsp3) is 0.400. The maximum Gasteiger partial charge on any atom is 0.242 e. The molecule has 2 aromatic rings. The van der Waals surface area contributed by atoms with Crippen LogP contribution in [0.5, 0.6) is 0 Å². The first-order chi connectivity index (χ1) is 12.5. The first kappa shape index (κ1) is 19.7. The maximum atomic E-state index is 12.9. The summed E-state index contributed by atoms with van der Waals surface area (Å²) in [5.41, 5.74) is 1.02. The minimum Gasteiger partial charge on any atom is -0.464 e. The van der Waals surface area contributed by atoms with Crippen molar-refractivity contribution in [1.82, 2.24) is 9.80 Å². The zero-order valence-electron chi connectivity index (χ0n) is 15.6. The largest absolute Gasteiger partial charge is 0.464 e. The van der Waals surface area contributed by atoms with Crippen molar-refractivity contribution in [3.8, 4) is 0 Å². The highest BCUT2D eigenvalue weighted by Gasteiger charge is 2.20. The van der Waals surface area contributed by atoms with Crippen LogP contribution < -0.4 is 0 Å². The van der Waals surface area contributed by atoms with Crippen molar-refractivity contribution < 1.29 is 18.7 Å². The SMILES string of the molecule is COCCN(CC(=O)N(Cc1ccccc1)Cc1ccc(C)o1)C(C)=O. The molecule has 0 spiro atoms. The van der Waals surface area contributed by atoms with Gasteiger partial charge in [-0.15, -0.1) is 0 Å². The molecule has 0 aliphatic rings. The average Bonchev–Trinajstić information content (AvgIpc) is 3.03. The summed E-state index contributed by atoms with van der Waals surface area (Å²) in [5, 5.41) is 0. The van der Waals surface area contributed by atoms with E-state index in [9.17, 15) is 9.59 Å². The third-order valence-corrected chi connectivity index (χ3v) is 4.05. The fourth-order valence-electron chi connectivity index (χ4n) is 2.61. The summed E-state index contributed by atoms with van der Waals surface area (Å²) in [4.78, 5) is 27.9. The van der Waals surface area contributed by atoms with Gasteiger partial charge in [0.25, 0.3) is 0 Å². The molecule has 0 unspecified atom stereocenters. The summed E-state index contributed by atoms with van der Waals surface area (Å²) in [5.74, 6) is 1.24. The number of nitrogens with zero attached hydrogens (tertiary/aromatic N) is 2. The Morgan fingerprint density at radius 1 is 1.04 bits per heavy atom. The Hall–Kier alpha value is -2.60. The third-order valence-electron chi connectivity index (χ3n) is 4.05. The first-order valence-electron chi connectivity index (χ1n) is 8.61. The number of hydrogen-bond acceptors (Lipinski definition) is 4. The lowest BCUT2D eigenvalue weighted by Crippen LogP contribution is -2.42. The molecule has 0 aliphatic carbocycles. The minimum atomic E-state index is -0.149. The van der Waals surface area contributed by atoms with Crippen molar-refractivity contribution in [3.63, 3.8) is 0 Å². The van der Waals surface area contributed by atoms with Gasteiger partial charge in [-0.1, -0.05) is 30.3 Å². The van der Waals surface area contributed by atoms with Crippen molar-refractivity contribution in [3.05, 3.63) is 59.5 Å². The quantitative estimate of drug-likeness (QED) is 0.691. The van der Waals surface area contributed by atoms with Gasteiger partial charge in [-0.3, -0.25) is 9.59 Å². The van der Waals surface area contributed by atoms with E-state index in [1.807, 2.05) is 49.4 Å². The molecule has 0 fully saturated rings. The topological polar surface area (TPSA) is 63.0 Å². The van der Waals surface area contributed by atoms with Crippen LogP contribution in [0.15, 0.2) is 46.9 Å². The fourth-order valence-corrected chi connectivity index (χ4v) is 2.61. The molecule has 0 radical (unpaired) electrons. The number of ether oxygens (including phenoxy) is 1. The van der Waals surface area contributed by atoms with Crippen molar-refractivity contribution >= 4 is 11.8 Å². The third kappa shape index (κ3) is 6.04. The molecule has 1 aromatic heterocycles. The molecule has 26 heavy (non-hydrogen) atoms. The van der Waals surface area contributed by atoms with Crippen LogP contribution in [0.2, 0.25) is 0 Å². The second-order valence-corrected chi connectivity index (χ2v) is 6.18. The number of hydrogen-bond donors (Lipinski definition) is 0. The van der Waals surface area contributed by atoms with Crippen molar-refractivity contribution in [1.29, 1.82) is 0 Å². The van der Waals surface area contributed by atoms with Crippen LogP contribution in [0.1, 0.15) is 24.0 Å². The van der Waals surface area contributed by atoms with Crippen molar-refractivity contribution in [2.45, 2.75) is 26.9 Å². The molecule has 2 rings (SSSR count). The number of carbonyl (C=O) groups excluding carboxylic acids is 2. The molecule has 6 nitrogen and oxygen atoms in total. The zero-order chi connectivity index (χ0) is 18.9. The van der Waals surface area contributed by atoms with Gasteiger partial charge in [0.15, 0.2) is 0 Å². The average molecular weight is 358 g/mol. The Labute approximate surface area is 154 Å². The van der Waals surface area contributed by atoms with Crippen LogP contribution in [0.4, 0.5) is 0 Å². The smallest absolute Gasteiger partial charge is 0.242 e. The van der Waals surface area contributed by atoms with Crippen LogP contribution in [0.3, 0.4) is 0 Å². The summed E-state index contributed by atoms with van der Waals surface area (Å²) >= 11 is 0. The van der Waals surface area contributed by atoms with Crippen LogP contribution in [-0.2, 0) is 27.4 Å². The molecule has 2 amide bonds. The molecule has 1 heterocycles. The van der Waals surface area contributed by atoms with Gasteiger partial charge in [0.2, 0.25) is 11.8 Å². The summed E-state index contributed by atoms with van der Waals surface area (Å²) in [6, 6.07) is 13.5. The second kappa shape index (κ2) is 9.77. The van der Waals surface area contributed by atoms with Crippen molar-refractivity contribution in [2.24, 2.45) is 0 Å². The highest BCUT2D eigenvalue weighted by atomic mass is 16.5. The van der Waals surface area contributed by atoms with Crippen LogP contribution in [0, 0.1) is 6.92 Å². The van der Waals surface area contributed by atoms with Gasteiger partial charge in [-0.25, -0.2) is 0 Å². The van der Waals surface area contributed by atoms with Crippen LogP contribution in [-0.4, -0.2) is 48.4 Å².